The molecule has 3 aromatic rings. The van der Waals surface area contributed by atoms with E-state index in [2.05, 4.69) is 10.1 Å². The third-order valence-electron chi connectivity index (χ3n) is 3.19. The highest BCUT2D eigenvalue weighted by molar-refractivity contribution is 7.99. The van der Waals surface area contributed by atoms with Gasteiger partial charge in [0.2, 0.25) is 0 Å². The molecule has 0 fully saturated rings. The monoisotopic (exact) mass is 317 g/mol. The average Bonchev–Trinajstić information content (AvgIpc) is 2.76. The molecule has 0 aliphatic heterocycles. The Bertz CT molecular complexity index is 830. The molecule has 0 radical (unpaired) electrons. The van der Waals surface area contributed by atoms with Gasteiger partial charge in [-0.05, 0) is 37.7 Å². The number of fused-ring (bicyclic) bond motifs is 1. The van der Waals surface area contributed by atoms with E-state index in [0.29, 0.717) is 24.4 Å². The number of aromatic nitrogens is 3. The highest BCUT2D eigenvalue weighted by Crippen LogP contribution is 2.35. The highest BCUT2D eigenvalue weighted by Gasteiger charge is 2.16. The third-order valence-corrected chi connectivity index (χ3v) is 4.28. The Labute approximate surface area is 131 Å². The van der Waals surface area contributed by atoms with Gasteiger partial charge in [0.05, 0.1) is 0 Å². The van der Waals surface area contributed by atoms with Gasteiger partial charge < -0.3 is 11.5 Å². The van der Waals surface area contributed by atoms with Crippen molar-refractivity contribution in [1.29, 1.82) is 0 Å². The van der Waals surface area contributed by atoms with Crippen LogP contribution in [0.5, 0.6) is 0 Å². The van der Waals surface area contributed by atoms with Crippen molar-refractivity contribution in [3.8, 4) is 0 Å². The molecule has 0 saturated heterocycles. The number of anilines is 1. The molecule has 0 aliphatic carbocycles. The van der Waals surface area contributed by atoms with Gasteiger partial charge in [0.15, 0.2) is 11.5 Å². The van der Waals surface area contributed by atoms with E-state index in [1.54, 1.807) is 10.6 Å². The van der Waals surface area contributed by atoms with Crippen molar-refractivity contribution in [3.05, 3.63) is 47.5 Å². The van der Waals surface area contributed by atoms with Crippen LogP contribution in [-0.2, 0) is 6.42 Å². The first-order valence-corrected chi connectivity index (χ1v) is 7.68. The number of benzene rings is 1. The predicted octanol–water partition coefficient (Wildman–Crippen LogP) is 2.41. The number of nitrogen functional groups attached to an aromatic ring is 1. The van der Waals surface area contributed by atoms with Crippen LogP contribution in [0.4, 0.5) is 10.2 Å². The van der Waals surface area contributed by atoms with Crippen LogP contribution in [0, 0.1) is 12.7 Å². The molecule has 0 spiro atoms. The molecule has 0 aliphatic rings. The number of nitrogens with two attached hydrogens (primary N) is 2. The van der Waals surface area contributed by atoms with E-state index in [1.165, 1.54) is 23.9 Å². The fourth-order valence-electron chi connectivity index (χ4n) is 2.28. The summed E-state index contributed by atoms with van der Waals surface area (Å²) in [6, 6.07) is 8.31. The molecular weight excluding hydrogens is 301 g/mol. The minimum absolute atomic E-state index is 0.284. The van der Waals surface area contributed by atoms with Gasteiger partial charge in [-0.1, -0.05) is 17.8 Å². The van der Waals surface area contributed by atoms with Crippen LogP contribution in [-0.4, -0.2) is 21.1 Å². The van der Waals surface area contributed by atoms with Crippen molar-refractivity contribution in [3.63, 3.8) is 0 Å². The predicted molar refractivity (Wildman–Crippen MR) is 85.4 cm³/mol. The lowest BCUT2D eigenvalue weighted by molar-refractivity contribution is 0.624. The Morgan fingerprint density at radius 1 is 1.32 bits per heavy atom. The molecule has 0 atom stereocenters. The molecule has 0 amide bonds. The summed E-state index contributed by atoms with van der Waals surface area (Å²) < 4.78 is 15.1. The molecule has 2 aromatic heterocycles. The minimum atomic E-state index is -0.284. The van der Waals surface area contributed by atoms with Crippen LogP contribution in [0.2, 0.25) is 0 Å². The second-order valence-electron chi connectivity index (χ2n) is 4.94. The van der Waals surface area contributed by atoms with Crippen LogP contribution >= 0.6 is 11.8 Å². The maximum absolute atomic E-state index is 13.3. The van der Waals surface area contributed by atoms with Crippen molar-refractivity contribution in [2.45, 2.75) is 23.1 Å². The molecule has 114 valence electrons. The SMILES string of the molecule is Cc1cc(CCN)n2nc(N)c(Sc3cccc(F)c3)c2n1. The summed E-state index contributed by atoms with van der Waals surface area (Å²) in [5.41, 5.74) is 14.2. The van der Waals surface area contributed by atoms with Gasteiger partial charge in [-0.25, -0.2) is 13.9 Å². The highest BCUT2D eigenvalue weighted by atomic mass is 32.2. The van der Waals surface area contributed by atoms with E-state index in [4.69, 9.17) is 11.5 Å². The largest absolute Gasteiger partial charge is 0.381 e. The molecule has 7 heteroatoms. The maximum atomic E-state index is 13.3. The number of halogens is 1. The fourth-order valence-corrected chi connectivity index (χ4v) is 3.21. The lowest BCUT2D eigenvalue weighted by atomic mass is 10.2. The van der Waals surface area contributed by atoms with Gasteiger partial charge in [-0.3, -0.25) is 0 Å². The van der Waals surface area contributed by atoms with Crippen LogP contribution in [0.25, 0.3) is 5.65 Å². The van der Waals surface area contributed by atoms with E-state index in [-0.39, 0.29) is 5.82 Å². The lowest BCUT2D eigenvalue weighted by Crippen LogP contribution is -2.09. The Kier molecular flexibility index (Phi) is 4.00. The zero-order chi connectivity index (χ0) is 15.7. The molecule has 22 heavy (non-hydrogen) atoms. The topological polar surface area (TPSA) is 82.2 Å². The summed E-state index contributed by atoms with van der Waals surface area (Å²) in [7, 11) is 0. The summed E-state index contributed by atoms with van der Waals surface area (Å²) in [5.74, 6) is 0.0960. The first-order chi connectivity index (χ1) is 10.6. The molecule has 0 bridgehead atoms. The van der Waals surface area contributed by atoms with Crippen LogP contribution < -0.4 is 11.5 Å². The molecule has 5 nitrogen and oxygen atoms in total. The Balaban J connectivity index is 2.11. The number of hydrogen-bond donors (Lipinski definition) is 2. The number of hydrogen-bond acceptors (Lipinski definition) is 5. The summed E-state index contributed by atoms with van der Waals surface area (Å²) in [6.45, 7) is 2.44. The zero-order valence-electron chi connectivity index (χ0n) is 12.1. The standard InChI is InChI=1S/C15H16FN5S/c1-9-7-11(5-6-17)21-15(19-9)13(14(18)20-21)22-12-4-2-3-10(16)8-12/h2-4,7-8H,5-6,17H2,1H3,(H2,18,20). The Morgan fingerprint density at radius 3 is 2.86 bits per heavy atom. The van der Waals surface area contributed by atoms with Crippen LogP contribution in [0.15, 0.2) is 40.1 Å². The van der Waals surface area contributed by atoms with E-state index in [0.717, 1.165) is 21.2 Å². The van der Waals surface area contributed by atoms with Gasteiger partial charge in [0.25, 0.3) is 0 Å². The van der Waals surface area contributed by atoms with Gasteiger partial charge in [0, 0.05) is 22.7 Å². The summed E-state index contributed by atoms with van der Waals surface area (Å²) >= 11 is 1.36. The summed E-state index contributed by atoms with van der Waals surface area (Å²) in [5, 5.41) is 4.35. The van der Waals surface area contributed by atoms with Crippen molar-refractivity contribution >= 4 is 23.2 Å². The lowest BCUT2D eigenvalue weighted by Gasteiger charge is -2.05. The Morgan fingerprint density at radius 2 is 2.14 bits per heavy atom. The van der Waals surface area contributed by atoms with Gasteiger partial charge in [-0.2, -0.15) is 0 Å². The summed E-state index contributed by atoms with van der Waals surface area (Å²) in [4.78, 5) is 6.01. The minimum Gasteiger partial charge on any atom is -0.381 e. The van der Waals surface area contributed by atoms with Crippen LogP contribution in [0.1, 0.15) is 11.4 Å². The van der Waals surface area contributed by atoms with E-state index in [9.17, 15) is 4.39 Å². The molecular formula is C15H16FN5S. The first kappa shape index (κ1) is 14.8. The van der Waals surface area contributed by atoms with E-state index < -0.39 is 0 Å². The molecule has 4 N–H and O–H groups in total. The number of rotatable bonds is 4. The maximum Gasteiger partial charge on any atom is 0.171 e. The first-order valence-electron chi connectivity index (χ1n) is 6.86. The fraction of sp³-hybridized carbons (Fsp3) is 0.200. The average molecular weight is 317 g/mol. The summed E-state index contributed by atoms with van der Waals surface area (Å²) in [6.07, 6.45) is 0.686. The van der Waals surface area contributed by atoms with Gasteiger partial charge in [-0.15, -0.1) is 5.10 Å². The number of nitrogens with zero attached hydrogens (tertiary/aromatic N) is 3. The van der Waals surface area contributed by atoms with Crippen molar-refractivity contribution in [2.75, 3.05) is 12.3 Å². The molecule has 1 aromatic carbocycles. The molecule has 0 unspecified atom stereocenters. The smallest absolute Gasteiger partial charge is 0.171 e. The number of aryl methyl sites for hydroxylation is 1. The second-order valence-corrected chi connectivity index (χ2v) is 6.02. The Hall–Kier alpha value is -2.12. The van der Waals surface area contributed by atoms with Crippen molar-refractivity contribution in [2.24, 2.45) is 5.73 Å². The molecule has 0 saturated carbocycles. The second kappa shape index (κ2) is 5.94. The third kappa shape index (κ3) is 2.77. The molecule has 2 heterocycles. The van der Waals surface area contributed by atoms with Gasteiger partial charge >= 0.3 is 0 Å². The van der Waals surface area contributed by atoms with Crippen LogP contribution in [0.3, 0.4) is 0 Å². The van der Waals surface area contributed by atoms with Crippen molar-refractivity contribution in [1.82, 2.24) is 14.6 Å². The zero-order valence-corrected chi connectivity index (χ0v) is 12.9. The normalized spacial score (nSPS) is 11.2. The molecule has 3 rings (SSSR count). The van der Waals surface area contributed by atoms with Crippen molar-refractivity contribution < 1.29 is 4.39 Å². The van der Waals surface area contributed by atoms with E-state index in [1.807, 2.05) is 19.1 Å². The quantitative estimate of drug-likeness (QED) is 0.772. The van der Waals surface area contributed by atoms with Gasteiger partial charge in [0.1, 0.15) is 10.7 Å². The van der Waals surface area contributed by atoms with E-state index >= 15 is 0 Å².